The van der Waals surface area contributed by atoms with E-state index in [9.17, 15) is 0 Å². The first-order chi connectivity index (χ1) is 4.88. The van der Waals surface area contributed by atoms with E-state index in [1.807, 2.05) is 8.85 Å². The van der Waals surface area contributed by atoms with Crippen molar-refractivity contribution in [3.63, 3.8) is 0 Å². The molecule has 0 amide bonds. The maximum atomic E-state index is 4.13. The van der Waals surface area contributed by atoms with Crippen LogP contribution in [0.4, 0.5) is 0 Å². The summed E-state index contributed by atoms with van der Waals surface area (Å²) in [4.78, 5) is 8.13. The molecule has 0 N–H and O–H groups in total. The lowest BCUT2D eigenvalue weighted by atomic mass is 10.3. The molecule has 0 spiro atoms. The van der Waals surface area contributed by atoms with Gasteiger partial charge >= 0.3 is 0 Å². The van der Waals surface area contributed by atoms with Gasteiger partial charge < -0.3 is 0 Å². The second kappa shape index (κ2) is 2.19. The van der Waals surface area contributed by atoms with Crippen LogP contribution in [0.1, 0.15) is 0 Å². The zero-order chi connectivity index (χ0) is 6.97. The molecule has 0 aromatic carbocycles. The molecule has 0 radical (unpaired) electrons. The number of rotatable bonds is 0. The molecule has 2 heterocycles. The van der Waals surface area contributed by atoms with Gasteiger partial charge in [-0.25, -0.2) is 9.97 Å². The largest absolute Gasteiger partial charge is 0.256 e. The van der Waals surface area contributed by atoms with Crippen molar-refractivity contribution in [2.45, 2.75) is 0 Å². The van der Waals surface area contributed by atoms with Gasteiger partial charge in [0, 0.05) is 18.0 Å². The summed E-state index contributed by atoms with van der Waals surface area (Å²) in [5.41, 5.74) is 1.08. The predicted molar refractivity (Wildman–Crippen MR) is 46.1 cm³/mol. The number of halogens is 1. The van der Waals surface area contributed by atoms with Crippen molar-refractivity contribution >= 4 is 22.9 Å². The fourth-order valence-corrected chi connectivity index (χ4v) is 1.39. The molecule has 0 saturated carbocycles. The van der Waals surface area contributed by atoms with E-state index >= 15 is 0 Å². The lowest BCUT2D eigenvalue weighted by Gasteiger charge is -1.99. The Kier molecular flexibility index (Phi) is 1.33. The lowest BCUT2D eigenvalue weighted by molar-refractivity contribution is 1.11. The topological polar surface area (TPSA) is 30.7 Å². The van der Waals surface area contributed by atoms with Gasteiger partial charge in [-0.15, -0.1) is 0 Å². The van der Waals surface area contributed by atoms with Crippen molar-refractivity contribution in [3.05, 3.63) is 24.8 Å². The molecule has 0 saturated heterocycles. The average molecular weight is 245 g/mol. The predicted octanol–water partition coefficient (Wildman–Crippen LogP) is 1.58. The van der Waals surface area contributed by atoms with E-state index in [1.54, 1.807) is 18.7 Å². The number of hydrogen-bond acceptors (Lipinski definition) is 2. The third-order valence-electron chi connectivity index (χ3n) is 1.29. The molecule has 2 aliphatic rings. The molecule has 0 unspecified atom stereocenters. The minimum atomic E-state index is 0.968. The van der Waals surface area contributed by atoms with Crippen molar-refractivity contribution < 1.29 is 0 Å². The fourth-order valence-electron chi connectivity index (χ4n) is 0.843. The van der Waals surface area contributed by atoms with E-state index in [1.165, 1.54) is 0 Å². The summed E-state index contributed by atoms with van der Waals surface area (Å²) in [7, 11) is 0. The maximum absolute atomic E-state index is 4.13. The number of aromatic nitrogens is 3. The molecule has 0 aromatic heterocycles. The molecule has 10 heavy (non-hydrogen) atoms. The SMILES string of the molecule is In1cncc2ccnc1-2. The Hall–Kier alpha value is -0.650. The number of nitrogens with zero attached hydrogens (tertiary/aromatic N) is 3. The zero-order valence-corrected chi connectivity index (χ0v) is 7.19. The van der Waals surface area contributed by atoms with E-state index in [0.717, 1.165) is 11.4 Å². The van der Waals surface area contributed by atoms with E-state index in [-0.39, 0.29) is 0 Å². The second-order valence-electron chi connectivity index (χ2n) is 1.93. The van der Waals surface area contributed by atoms with Crippen LogP contribution >= 0.6 is 22.9 Å². The van der Waals surface area contributed by atoms with Gasteiger partial charge in [-0.3, -0.25) is 2.78 Å². The maximum Gasteiger partial charge on any atom is 0.151 e. The third kappa shape index (κ3) is 0.792. The first kappa shape index (κ1) is 6.09. The van der Waals surface area contributed by atoms with Gasteiger partial charge in [0.05, 0.1) is 22.9 Å². The van der Waals surface area contributed by atoms with Gasteiger partial charge in [0.25, 0.3) is 0 Å². The first-order valence-electron chi connectivity index (χ1n) is 2.81. The van der Waals surface area contributed by atoms with Crippen LogP contribution in [0, 0.1) is 0 Å². The smallest absolute Gasteiger partial charge is 0.151 e. The summed E-state index contributed by atoms with van der Waals surface area (Å²) in [6.07, 6.45) is 5.31. The van der Waals surface area contributed by atoms with E-state index < -0.39 is 0 Å². The van der Waals surface area contributed by atoms with Crippen LogP contribution in [-0.4, -0.2) is 12.7 Å². The zero-order valence-electron chi connectivity index (χ0n) is 5.03. The molecule has 0 atom stereocenters. The molecule has 2 rings (SSSR count). The molecule has 4 heteroatoms. The highest BCUT2D eigenvalue weighted by Crippen LogP contribution is 2.18. The minimum absolute atomic E-state index is 0.968. The Morgan fingerprint density at radius 3 is 3.20 bits per heavy atom. The Morgan fingerprint density at radius 2 is 2.40 bits per heavy atom. The standard InChI is InChI=1S/C6H4IN3/c7-10-4-8-3-5-1-2-9-6(5)10/h1-4H. The summed E-state index contributed by atoms with van der Waals surface area (Å²) >= 11 is 2.15. The fraction of sp³-hybridized carbons (Fsp3) is 0. The minimum Gasteiger partial charge on any atom is -0.256 e. The van der Waals surface area contributed by atoms with Crippen LogP contribution in [0.5, 0.6) is 0 Å². The molecule has 0 aliphatic carbocycles. The van der Waals surface area contributed by atoms with Gasteiger partial charge in [-0.05, 0) is 6.07 Å². The third-order valence-corrected chi connectivity index (χ3v) is 2.00. The van der Waals surface area contributed by atoms with Crippen molar-refractivity contribution in [2.24, 2.45) is 0 Å². The van der Waals surface area contributed by atoms with E-state index in [2.05, 4.69) is 32.8 Å². The Labute approximate surface area is 71.9 Å². The summed E-state index contributed by atoms with van der Waals surface area (Å²) in [5, 5.41) is 0. The van der Waals surface area contributed by atoms with Crippen molar-refractivity contribution in [1.82, 2.24) is 12.7 Å². The number of hydrogen-bond donors (Lipinski definition) is 0. The lowest BCUT2D eigenvalue weighted by Crippen LogP contribution is -1.90. The highest BCUT2D eigenvalue weighted by Gasteiger charge is 2.04. The quantitative estimate of drug-likeness (QED) is 0.659. The second-order valence-corrected chi connectivity index (χ2v) is 2.97. The first-order valence-corrected chi connectivity index (χ1v) is 3.77. The van der Waals surface area contributed by atoms with Gasteiger partial charge in [-0.1, -0.05) is 0 Å². The average Bonchev–Trinajstić information content (AvgIpc) is 2.36. The molecule has 0 fully saturated rings. The highest BCUT2D eigenvalue weighted by atomic mass is 127. The Morgan fingerprint density at radius 1 is 1.50 bits per heavy atom. The normalized spacial score (nSPS) is 10.5. The van der Waals surface area contributed by atoms with Gasteiger partial charge in [0.2, 0.25) is 0 Å². The summed E-state index contributed by atoms with van der Waals surface area (Å²) in [6.45, 7) is 0. The van der Waals surface area contributed by atoms with Crippen molar-refractivity contribution in [3.8, 4) is 11.4 Å². The molecule has 3 nitrogen and oxygen atoms in total. The monoisotopic (exact) mass is 245 g/mol. The Balaban J connectivity index is 2.80. The molecule has 50 valence electrons. The van der Waals surface area contributed by atoms with Crippen LogP contribution in [-0.2, 0) is 0 Å². The van der Waals surface area contributed by atoms with Crippen molar-refractivity contribution in [2.75, 3.05) is 0 Å². The van der Waals surface area contributed by atoms with Crippen LogP contribution in [0.15, 0.2) is 24.8 Å². The van der Waals surface area contributed by atoms with E-state index in [0.29, 0.717) is 0 Å². The molecule has 0 aromatic rings. The van der Waals surface area contributed by atoms with Gasteiger partial charge in [0.15, 0.2) is 5.82 Å². The molecular formula is C6H4IN3. The summed E-state index contributed by atoms with van der Waals surface area (Å²) in [6, 6.07) is 1.94. The summed E-state index contributed by atoms with van der Waals surface area (Å²) in [5.74, 6) is 0.968. The molecule has 0 bridgehead atoms. The van der Waals surface area contributed by atoms with Crippen LogP contribution in [0.3, 0.4) is 0 Å². The molecular weight excluding hydrogens is 241 g/mol. The van der Waals surface area contributed by atoms with Crippen LogP contribution in [0.2, 0.25) is 0 Å². The highest BCUT2D eigenvalue weighted by molar-refractivity contribution is 14.1. The Bertz CT molecular complexity index is 317. The summed E-state index contributed by atoms with van der Waals surface area (Å²) < 4.78 is 1.87. The van der Waals surface area contributed by atoms with Gasteiger partial charge in [0.1, 0.15) is 6.33 Å². The number of fused-ring (bicyclic) bond motifs is 1. The molecule has 2 aliphatic heterocycles. The van der Waals surface area contributed by atoms with Gasteiger partial charge in [-0.2, -0.15) is 0 Å². The van der Waals surface area contributed by atoms with Crippen LogP contribution in [0.25, 0.3) is 11.4 Å². The van der Waals surface area contributed by atoms with Crippen LogP contribution < -0.4 is 0 Å². The van der Waals surface area contributed by atoms with Crippen molar-refractivity contribution in [1.29, 1.82) is 0 Å². The van der Waals surface area contributed by atoms with E-state index in [4.69, 9.17) is 0 Å².